The fourth-order valence-corrected chi connectivity index (χ4v) is 2.51. The Hall–Kier alpha value is -2.18. The molecule has 0 amide bonds. The van der Waals surface area contributed by atoms with Gasteiger partial charge in [0.15, 0.2) is 0 Å². The number of benzene rings is 1. The van der Waals surface area contributed by atoms with Crippen molar-refractivity contribution in [2.45, 2.75) is 12.8 Å². The Labute approximate surface area is 138 Å². The third-order valence-electron chi connectivity index (χ3n) is 4.14. The van der Waals surface area contributed by atoms with E-state index in [9.17, 15) is 10.1 Å². The van der Waals surface area contributed by atoms with Crippen molar-refractivity contribution in [3.63, 3.8) is 0 Å². The molecule has 6 nitrogen and oxygen atoms in total. The molecule has 0 saturated heterocycles. The molecule has 0 atom stereocenters. The van der Waals surface area contributed by atoms with Crippen molar-refractivity contribution in [3.8, 4) is 16.9 Å². The van der Waals surface area contributed by atoms with Crippen molar-refractivity contribution in [2.75, 3.05) is 13.2 Å². The number of aromatic nitrogens is 1. The topological polar surface area (TPSA) is 91.3 Å². The van der Waals surface area contributed by atoms with Gasteiger partial charge < -0.3 is 10.5 Å². The second kappa shape index (κ2) is 6.14. The van der Waals surface area contributed by atoms with E-state index < -0.39 is 4.92 Å². The van der Waals surface area contributed by atoms with Crippen LogP contribution in [0.1, 0.15) is 12.8 Å². The molecule has 23 heavy (non-hydrogen) atoms. The molecule has 0 unspecified atom stereocenters. The van der Waals surface area contributed by atoms with Gasteiger partial charge in [-0.2, -0.15) is 0 Å². The van der Waals surface area contributed by atoms with Gasteiger partial charge in [0.1, 0.15) is 10.9 Å². The standard InChI is InChI=1S/C16H16ClN3O3/c17-15-14(11-1-3-12(4-2-11)20(21)22)7-13(8-19-15)23-10-16(9-18)5-6-16/h1-4,7-8H,5-6,9-10,18H2. The first-order valence-corrected chi connectivity index (χ1v) is 7.64. The van der Waals surface area contributed by atoms with E-state index in [0.717, 1.165) is 18.4 Å². The van der Waals surface area contributed by atoms with Gasteiger partial charge in [0.2, 0.25) is 0 Å². The normalized spacial score (nSPS) is 15.2. The number of ether oxygens (including phenoxy) is 1. The van der Waals surface area contributed by atoms with Crippen molar-refractivity contribution in [1.29, 1.82) is 0 Å². The molecule has 1 aliphatic carbocycles. The average Bonchev–Trinajstić information content (AvgIpc) is 3.35. The molecule has 1 saturated carbocycles. The van der Waals surface area contributed by atoms with E-state index in [1.165, 1.54) is 12.1 Å². The minimum Gasteiger partial charge on any atom is -0.491 e. The highest BCUT2D eigenvalue weighted by molar-refractivity contribution is 6.32. The number of nitrogens with two attached hydrogens (primary N) is 1. The molecule has 0 bridgehead atoms. The largest absolute Gasteiger partial charge is 0.491 e. The summed E-state index contributed by atoms with van der Waals surface area (Å²) in [5, 5.41) is 11.0. The van der Waals surface area contributed by atoms with Gasteiger partial charge in [-0.1, -0.05) is 11.6 Å². The SMILES string of the molecule is NCC1(COc2cnc(Cl)c(-c3ccc([N+](=O)[O-])cc3)c2)CC1. The van der Waals surface area contributed by atoms with Crippen LogP contribution in [0.15, 0.2) is 36.5 Å². The summed E-state index contributed by atoms with van der Waals surface area (Å²) in [4.78, 5) is 14.4. The summed E-state index contributed by atoms with van der Waals surface area (Å²) in [6, 6.07) is 7.96. The second-order valence-electron chi connectivity index (χ2n) is 5.81. The lowest BCUT2D eigenvalue weighted by Gasteiger charge is -2.14. The third kappa shape index (κ3) is 3.43. The van der Waals surface area contributed by atoms with Crippen LogP contribution in [0.5, 0.6) is 5.75 Å². The van der Waals surface area contributed by atoms with E-state index in [0.29, 0.717) is 29.6 Å². The Kier molecular flexibility index (Phi) is 4.19. The number of nitro benzene ring substituents is 1. The van der Waals surface area contributed by atoms with Gasteiger partial charge in [-0.25, -0.2) is 4.98 Å². The number of non-ortho nitro benzene ring substituents is 1. The molecule has 2 N–H and O–H groups in total. The maximum absolute atomic E-state index is 10.7. The zero-order chi connectivity index (χ0) is 16.4. The quantitative estimate of drug-likeness (QED) is 0.496. The van der Waals surface area contributed by atoms with E-state index in [1.807, 2.05) is 0 Å². The van der Waals surface area contributed by atoms with Gasteiger partial charge in [0.05, 0.1) is 17.7 Å². The Morgan fingerprint density at radius 3 is 2.61 bits per heavy atom. The van der Waals surface area contributed by atoms with E-state index >= 15 is 0 Å². The fourth-order valence-electron chi connectivity index (χ4n) is 2.29. The molecule has 1 aliphatic rings. The molecule has 3 rings (SSSR count). The van der Waals surface area contributed by atoms with Gasteiger partial charge in [-0.15, -0.1) is 0 Å². The van der Waals surface area contributed by atoms with Crippen LogP contribution >= 0.6 is 11.6 Å². The van der Waals surface area contributed by atoms with Crippen LogP contribution < -0.4 is 10.5 Å². The van der Waals surface area contributed by atoms with Crippen LogP contribution in [-0.4, -0.2) is 23.1 Å². The molecule has 1 aromatic heterocycles. The minimum absolute atomic E-state index is 0.0313. The molecular formula is C16H16ClN3O3. The van der Waals surface area contributed by atoms with Gasteiger partial charge in [0.25, 0.3) is 5.69 Å². The van der Waals surface area contributed by atoms with E-state index in [2.05, 4.69) is 4.98 Å². The molecular weight excluding hydrogens is 318 g/mol. The Balaban J connectivity index is 1.81. The highest BCUT2D eigenvalue weighted by Gasteiger charge is 2.42. The van der Waals surface area contributed by atoms with E-state index in [-0.39, 0.29) is 11.1 Å². The lowest BCUT2D eigenvalue weighted by molar-refractivity contribution is -0.384. The first kappa shape index (κ1) is 15.7. The van der Waals surface area contributed by atoms with E-state index in [4.69, 9.17) is 22.1 Å². The summed E-state index contributed by atoms with van der Waals surface area (Å²) in [6.07, 6.45) is 3.74. The second-order valence-corrected chi connectivity index (χ2v) is 6.16. The van der Waals surface area contributed by atoms with Crippen LogP contribution in [0.25, 0.3) is 11.1 Å². The van der Waals surface area contributed by atoms with Crippen molar-refractivity contribution in [1.82, 2.24) is 4.98 Å². The molecule has 1 aromatic carbocycles. The minimum atomic E-state index is -0.439. The monoisotopic (exact) mass is 333 g/mol. The smallest absolute Gasteiger partial charge is 0.269 e. The van der Waals surface area contributed by atoms with Crippen molar-refractivity contribution < 1.29 is 9.66 Å². The van der Waals surface area contributed by atoms with Crippen molar-refractivity contribution >= 4 is 17.3 Å². The molecule has 120 valence electrons. The summed E-state index contributed by atoms with van der Waals surface area (Å²) >= 11 is 6.14. The van der Waals surface area contributed by atoms with Crippen molar-refractivity contribution in [3.05, 3.63) is 51.8 Å². The summed E-state index contributed by atoms with van der Waals surface area (Å²) in [7, 11) is 0. The molecule has 7 heteroatoms. The summed E-state index contributed by atoms with van der Waals surface area (Å²) in [5.41, 5.74) is 7.31. The number of hydrogen-bond donors (Lipinski definition) is 1. The number of hydrogen-bond acceptors (Lipinski definition) is 5. The molecule has 1 fully saturated rings. The zero-order valence-electron chi connectivity index (χ0n) is 12.4. The lowest BCUT2D eigenvalue weighted by Crippen LogP contribution is -2.22. The van der Waals surface area contributed by atoms with Gasteiger partial charge >= 0.3 is 0 Å². The summed E-state index contributed by atoms with van der Waals surface area (Å²) < 4.78 is 5.79. The Morgan fingerprint density at radius 2 is 2.04 bits per heavy atom. The number of halogens is 1. The molecule has 1 heterocycles. The predicted molar refractivity (Wildman–Crippen MR) is 87.6 cm³/mol. The van der Waals surface area contributed by atoms with Crippen LogP contribution in [-0.2, 0) is 0 Å². The number of rotatable bonds is 6. The van der Waals surface area contributed by atoms with Gasteiger partial charge in [-0.05, 0) is 36.6 Å². The third-order valence-corrected chi connectivity index (χ3v) is 4.44. The maximum Gasteiger partial charge on any atom is 0.269 e. The average molecular weight is 334 g/mol. The highest BCUT2D eigenvalue weighted by Crippen LogP contribution is 2.44. The maximum atomic E-state index is 10.7. The first-order chi connectivity index (χ1) is 11.0. The van der Waals surface area contributed by atoms with Crippen LogP contribution in [0, 0.1) is 15.5 Å². The first-order valence-electron chi connectivity index (χ1n) is 7.26. The van der Waals surface area contributed by atoms with Crippen LogP contribution in [0.2, 0.25) is 5.15 Å². The highest BCUT2D eigenvalue weighted by atomic mass is 35.5. The zero-order valence-corrected chi connectivity index (χ0v) is 13.1. The lowest BCUT2D eigenvalue weighted by atomic mass is 10.1. The van der Waals surface area contributed by atoms with Crippen LogP contribution in [0.3, 0.4) is 0 Å². The molecule has 0 spiro atoms. The Bertz CT molecular complexity index is 730. The summed E-state index contributed by atoms with van der Waals surface area (Å²) in [5.74, 6) is 0.613. The Morgan fingerprint density at radius 1 is 1.35 bits per heavy atom. The van der Waals surface area contributed by atoms with Crippen molar-refractivity contribution in [2.24, 2.45) is 11.1 Å². The molecule has 0 radical (unpaired) electrons. The molecule has 0 aliphatic heterocycles. The number of nitrogens with zero attached hydrogens (tertiary/aromatic N) is 2. The van der Waals surface area contributed by atoms with Crippen LogP contribution in [0.4, 0.5) is 5.69 Å². The number of pyridine rings is 1. The van der Waals surface area contributed by atoms with Gasteiger partial charge in [0, 0.05) is 29.7 Å². The predicted octanol–water partition coefficient (Wildman–Crippen LogP) is 3.43. The summed E-state index contributed by atoms with van der Waals surface area (Å²) in [6.45, 7) is 1.18. The number of nitro groups is 1. The molecule has 2 aromatic rings. The van der Waals surface area contributed by atoms with E-state index in [1.54, 1.807) is 24.4 Å². The van der Waals surface area contributed by atoms with Gasteiger partial charge in [-0.3, -0.25) is 10.1 Å². The fraction of sp³-hybridized carbons (Fsp3) is 0.312.